The Morgan fingerprint density at radius 2 is 2.06 bits per heavy atom. The Kier molecular flexibility index (Phi) is 6.46. The zero-order valence-electron chi connectivity index (χ0n) is 10.8. The van der Waals surface area contributed by atoms with Crippen LogP contribution in [0, 0.1) is 0 Å². The Balaban J connectivity index is 2.09. The molecule has 1 heterocycles. The third-order valence-corrected chi connectivity index (χ3v) is 3.22. The van der Waals surface area contributed by atoms with E-state index in [1.807, 2.05) is 4.90 Å². The minimum atomic E-state index is 0.352. The first-order chi connectivity index (χ1) is 7.74. The summed E-state index contributed by atoms with van der Waals surface area (Å²) in [6, 6.07) is 0.456. The number of carbonyl (C=O) groups excluding carboxylic acids is 1. The molecule has 1 rings (SSSR count). The molecule has 1 amide bonds. The third-order valence-electron chi connectivity index (χ3n) is 3.22. The van der Waals surface area contributed by atoms with E-state index in [4.69, 9.17) is 0 Å². The van der Waals surface area contributed by atoms with E-state index in [9.17, 15) is 4.79 Å². The van der Waals surface area contributed by atoms with Crippen LogP contribution in [0.3, 0.4) is 0 Å². The molecule has 3 nitrogen and oxygen atoms in total. The summed E-state index contributed by atoms with van der Waals surface area (Å²) in [5.41, 5.74) is 0. The smallest absolute Gasteiger partial charge is 0.222 e. The molecular formula is C13H26N2O. The lowest BCUT2D eigenvalue weighted by atomic mass is 10.1. The van der Waals surface area contributed by atoms with Gasteiger partial charge in [0.15, 0.2) is 0 Å². The predicted molar refractivity (Wildman–Crippen MR) is 67.4 cm³/mol. The van der Waals surface area contributed by atoms with Crippen LogP contribution in [0.15, 0.2) is 0 Å². The van der Waals surface area contributed by atoms with Crippen LogP contribution in [0.2, 0.25) is 0 Å². The molecule has 0 bridgehead atoms. The number of nitrogens with one attached hydrogen (secondary N) is 1. The average molecular weight is 226 g/mol. The van der Waals surface area contributed by atoms with E-state index in [-0.39, 0.29) is 0 Å². The van der Waals surface area contributed by atoms with Crippen molar-refractivity contribution in [3.63, 3.8) is 0 Å². The van der Waals surface area contributed by atoms with Gasteiger partial charge in [-0.05, 0) is 13.3 Å². The van der Waals surface area contributed by atoms with E-state index in [0.29, 0.717) is 11.9 Å². The van der Waals surface area contributed by atoms with Gasteiger partial charge in [-0.2, -0.15) is 0 Å². The van der Waals surface area contributed by atoms with E-state index >= 15 is 0 Å². The molecule has 1 saturated heterocycles. The highest BCUT2D eigenvalue weighted by Gasteiger charge is 2.19. The standard InChI is InChI=1S/C13H26N2O/c1-3-4-5-6-7-8-13(16)15-10-9-14-12(2)11-15/h12,14H,3-11H2,1-2H3/t12-/m1/s1. The molecule has 1 atom stereocenters. The van der Waals surface area contributed by atoms with Crippen molar-refractivity contribution in [2.24, 2.45) is 0 Å². The summed E-state index contributed by atoms with van der Waals surface area (Å²) in [5, 5.41) is 3.36. The van der Waals surface area contributed by atoms with Gasteiger partial charge in [0.05, 0.1) is 0 Å². The van der Waals surface area contributed by atoms with E-state index in [2.05, 4.69) is 19.2 Å². The number of rotatable bonds is 6. The molecule has 0 aromatic carbocycles. The molecule has 0 radical (unpaired) electrons. The second-order valence-electron chi connectivity index (χ2n) is 4.86. The van der Waals surface area contributed by atoms with Gasteiger partial charge in [0.2, 0.25) is 5.91 Å². The van der Waals surface area contributed by atoms with Gasteiger partial charge in [-0.1, -0.05) is 32.6 Å². The van der Waals surface area contributed by atoms with E-state index in [1.54, 1.807) is 0 Å². The second kappa shape index (κ2) is 7.66. The molecule has 94 valence electrons. The highest BCUT2D eigenvalue weighted by atomic mass is 16.2. The number of amides is 1. The normalized spacial score (nSPS) is 21.1. The quantitative estimate of drug-likeness (QED) is 0.704. The third kappa shape index (κ3) is 4.97. The van der Waals surface area contributed by atoms with Crippen molar-refractivity contribution >= 4 is 5.91 Å². The number of piperazine rings is 1. The Hall–Kier alpha value is -0.570. The maximum Gasteiger partial charge on any atom is 0.222 e. The lowest BCUT2D eigenvalue weighted by Crippen LogP contribution is -2.51. The topological polar surface area (TPSA) is 32.3 Å². The average Bonchev–Trinajstić information content (AvgIpc) is 2.28. The summed E-state index contributed by atoms with van der Waals surface area (Å²) in [4.78, 5) is 13.9. The maximum atomic E-state index is 11.9. The van der Waals surface area contributed by atoms with Crippen LogP contribution in [0.4, 0.5) is 0 Å². The monoisotopic (exact) mass is 226 g/mol. The van der Waals surface area contributed by atoms with Crippen molar-refractivity contribution in [3.8, 4) is 0 Å². The second-order valence-corrected chi connectivity index (χ2v) is 4.86. The van der Waals surface area contributed by atoms with Crippen LogP contribution in [0.25, 0.3) is 0 Å². The Morgan fingerprint density at radius 3 is 2.75 bits per heavy atom. The number of hydrogen-bond acceptors (Lipinski definition) is 2. The maximum absolute atomic E-state index is 11.9. The van der Waals surface area contributed by atoms with Crippen LogP contribution in [0.1, 0.15) is 52.4 Å². The molecule has 1 aliphatic rings. The lowest BCUT2D eigenvalue weighted by Gasteiger charge is -2.32. The zero-order chi connectivity index (χ0) is 11.8. The molecule has 3 heteroatoms. The van der Waals surface area contributed by atoms with Crippen LogP contribution in [-0.2, 0) is 4.79 Å². The first-order valence-electron chi connectivity index (χ1n) is 6.75. The molecule has 0 aliphatic carbocycles. The summed E-state index contributed by atoms with van der Waals surface area (Å²) in [6.07, 6.45) is 6.87. The fourth-order valence-electron chi connectivity index (χ4n) is 2.20. The van der Waals surface area contributed by atoms with Gasteiger partial charge in [-0.3, -0.25) is 4.79 Å². The fraction of sp³-hybridized carbons (Fsp3) is 0.923. The zero-order valence-corrected chi connectivity index (χ0v) is 10.8. The summed E-state index contributed by atoms with van der Waals surface area (Å²) in [6.45, 7) is 7.07. The number of unbranched alkanes of at least 4 members (excludes halogenated alkanes) is 4. The van der Waals surface area contributed by atoms with Gasteiger partial charge in [0.1, 0.15) is 0 Å². The molecule has 0 unspecified atom stereocenters. The summed E-state index contributed by atoms with van der Waals surface area (Å²) in [7, 11) is 0. The molecule has 1 N–H and O–H groups in total. The van der Waals surface area contributed by atoms with Crippen molar-refractivity contribution in [1.82, 2.24) is 10.2 Å². The minimum absolute atomic E-state index is 0.352. The molecule has 0 aromatic heterocycles. The van der Waals surface area contributed by atoms with Crippen LogP contribution in [0.5, 0.6) is 0 Å². The highest BCUT2D eigenvalue weighted by molar-refractivity contribution is 5.76. The molecule has 1 aliphatic heterocycles. The van der Waals surface area contributed by atoms with Gasteiger partial charge >= 0.3 is 0 Å². The first-order valence-corrected chi connectivity index (χ1v) is 6.75. The van der Waals surface area contributed by atoms with Gasteiger partial charge in [-0.25, -0.2) is 0 Å². The molecule has 0 aromatic rings. The number of carbonyl (C=O) groups is 1. The Morgan fingerprint density at radius 1 is 1.31 bits per heavy atom. The van der Waals surface area contributed by atoms with E-state index < -0.39 is 0 Å². The van der Waals surface area contributed by atoms with Crippen molar-refractivity contribution in [2.45, 2.75) is 58.4 Å². The molecule has 16 heavy (non-hydrogen) atoms. The van der Waals surface area contributed by atoms with Gasteiger partial charge in [-0.15, -0.1) is 0 Å². The van der Waals surface area contributed by atoms with Crippen LogP contribution >= 0.6 is 0 Å². The Bertz CT molecular complexity index is 206. The van der Waals surface area contributed by atoms with Gasteiger partial charge in [0.25, 0.3) is 0 Å². The fourth-order valence-corrected chi connectivity index (χ4v) is 2.20. The largest absolute Gasteiger partial charge is 0.340 e. The van der Waals surface area contributed by atoms with Crippen LogP contribution < -0.4 is 5.32 Å². The highest BCUT2D eigenvalue weighted by Crippen LogP contribution is 2.08. The Labute approximate surface area is 99.6 Å². The SMILES string of the molecule is CCCCCCCC(=O)N1CCN[C@H](C)C1. The first kappa shape index (κ1) is 13.5. The van der Waals surface area contributed by atoms with Crippen molar-refractivity contribution in [2.75, 3.05) is 19.6 Å². The molecule has 0 saturated carbocycles. The summed E-state index contributed by atoms with van der Waals surface area (Å²) >= 11 is 0. The molecule has 0 spiro atoms. The summed E-state index contributed by atoms with van der Waals surface area (Å²) in [5.74, 6) is 0.352. The number of hydrogen-bond donors (Lipinski definition) is 1. The molecule has 1 fully saturated rings. The predicted octanol–water partition coefficient (Wildman–Crippen LogP) is 2.17. The number of nitrogens with zero attached hydrogens (tertiary/aromatic N) is 1. The van der Waals surface area contributed by atoms with E-state index in [0.717, 1.165) is 32.5 Å². The minimum Gasteiger partial charge on any atom is -0.340 e. The van der Waals surface area contributed by atoms with E-state index in [1.165, 1.54) is 25.7 Å². The van der Waals surface area contributed by atoms with Crippen molar-refractivity contribution < 1.29 is 4.79 Å². The summed E-state index contributed by atoms with van der Waals surface area (Å²) < 4.78 is 0. The van der Waals surface area contributed by atoms with Crippen molar-refractivity contribution in [1.29, 1.82) is 0 Å². The lowest BCUT2D eigenvalue weighted by molar-refractivity contribution is -0.132. The van der Waals surface area contributed by atoms with Gasteiger partial charge in [0, 0.05) is 32.1 Å². The van der Waals surface area contributed by atoms with Crippen LogP contribution in [-0.4, -0.2) is 36.5 Å². The van der Waals surface area contributed by atoms with Crippen molar-refractivity contribution in [3.05, 3.63) is 0 Å². The molecular weight excluding hydrogens is 200 g/mol. The van der Waals surface area contributed by atoms with Gasteiger partial charge < -0.3 is 10.2 Å².